The predicted octanol–water partition coefficient (Wildman–Crippen LogP) is 0.941. The van der Waals surface area contributed by atoms with Gasteiger partial charge in [0.05, 0.1) is 6.20 Å². The van der Waals surface area contributed by atoms with Gasteiger partial charge in [0.25, 0.3) is 5.56 Å². The fraction of sp³-hybridized carbons (Fsp3) is 0.667. The minimum absolute atomic E-state index is 0.0174. The van der Waals surface area contributed by atoms with Crippen molar-refractivity contribution >= 4 is 0 Å². The van der Waals surface area contributed by atoms with E-state index < -0.39 is 0 Å². The summed E-state index contributed by atoms with van der Waals surface area (Å²) in [6.07, 6.45) is 5.32. The van der Waals surface area contributed by atoms with Crippen LogP contribution >= 0.6 is 0 Å². The molecule has 88 valence electrons. The molecule has 1 N–H and O–H groups in total. The highest BCUT2D eigenvalue weighted by molar-refractivity contribution is 5.02. The number of nitrogens with zero attached hydrogens (tertiary/aromatic N) is 2. The van der Waals surface area contributed by atoms with Gasteiger partial charge < -0.3 is 5.32 Å². The summed E-state index contributed by atoms with van der Waals surface area (Å²) in [7, 11) is 0. The van der Waals surface area contributed by atoms with Gasteiger partial charge in [0.2, 0.25) is 0 Å². The molecule has 1 aliphatic rings. The molecule has 0 spiro atoms. The predicted molar refractivity (Wildman–Crippen MR) is 63.4 cm³/mol. The molecule has 1 fully saturated rings. The second-order valence-electron chi connectivity index (χ2n) is 4.60. The minimum atomic E-state index is 0.0174. The zero-order valence-electron chi connectivity index (χ0n) is 9.78. The molecular formula is C12H19N3O. The number of piperidine rings is 1. The molecule has 0 bridgehead atoms. The van der Waals surface area contributed by atoms with Crippen molar-refractivity contribution in [2.75, 3.05) is 13.1 Å². The van der Waals surface area contributed by atoms with Gasteiger partial charge in [-0.15, -0.1) is 0 Å². The van der Waals surface area contributed by atoms with Crippen molar-refractivity contribution < 1.29 is 0 Å². The summed E-state index contributed by atoms with van der Waals surface area (Å²) < 4.78 is 1.57. The van der Waals surface area contributed by atoms with Gasteiger partial charge in [0.1, 0.15) is 0 Å². The molecule has 2 rings (SSSR count). The van der Waals surface area contributed by atoms with Crippen LogP contribution in [0.4, 0.5) is 0 Å². The maximum Gasteiger partial charge on any atom is 0.266 e. The van der Waals surface area contributed by atoms with Crippen LogP contribution in [-0.2, 0) is 6.54 Å². The van der Waals surface area contributed by atoms with Crippen LogP contribution in [0.15, 0.2) is 17.1 Å². The minimum Gasteiger partial charge on any atom is -0.316 e. The van der Waals surface area contributed by atoms with E-state index in [1.54, 1.807) is 16.9 Å². The van der Waals surface area contributed by atoms with Crippen molar-refractivity contribution in [1.29, 1.82) is 0 Å². The Kier molecular flexibility index (Phi) is 3.72. The van der Waals surface area contributed by atoms with Gasteiger partial charge in [-0.3, -0.25) is 4.79 Å². The Balaban J connectivity index is 1.91. The fourth-order valence-electron chi connectivity index (χ4n) is 2.17. The smallest absolute Gasteiger partial charge is 0.266 e. The molecule has 0 amide bonds. The lowest BCUT2D eigenvalue weighted by Crippen LogP contribution is -2.31. The molecule has 0 radical (unpaired) electrons. The molecule has 1 aliphatic heterocycles. The maximum absolute atomic E-state index is 11.6. The first-order chi connectivity index (χ1) is 7.75. The summed E-state index contributed by atoms with van der Waals surface area (Å²) in [6, 6.07) is 1.64. The molecule has 0 saturated carbocycles. The Morgan fingerprint density at radius 2 is 2.50 bits per heavy atom. The molecule has 16 heavy (non-hydrogen) atoms. The second kappa shape index (κ2) is 5.25. The molecule has 1 unspecified atom stereocenters. The van der Waals surface area contributed by atoms with E-state index in [2.05, 4.69) is 10.4 Å². The summed E-state index contributed by atoms with van der Waals surface area (Å²) in [5.41, 5.74) is 0.948. The summed E-state index contributed by atoms with van der Waals surface area (Å²) in [6.45, 7) is 4.86. The highest BCUT2D eigenvalue weighted by atomic mass is 16.1. The lowest BCUT2D eigenvalue weighted by Gasteiger charge is -2.22. The van der Waals surface area contributed by atoms with E-state index in [1.165, 1.54) is 12.8 Å². The van der Waals surface area contributed by atoms with Crippen LogP contribution in [0.2, 0.25) is 0 Å². The van der Waals surface area contributed by atoms with E-state index in [0.717, 1.165) is 31.6 Å². The van der Waals surface area contributed by atoms with Gasteiger partial charge >= 0.3 is 0 Å². The first-order valence-corrected chi connectivity index (χ1v) is 6.00. The number of hydrogen-bond acceptors (Lipinski definition) is 3. The van der Waals surface area contributed by atoms with Gasteiger partial charge in [-0.2, -0.15) is 5.10 Å². The molecule has 4 heteroatoms. The van der Waals surface area contributed by atoms with E-state index in [0.29, 0.717) is 5.92 Å². The number of aryl methyl sites for hydroxylation is 2. The van der Waals surface area contributed by atoms with Gasteiger partial charge in [-0.05, 0) is 50.8 Å². The topological polar surface area (TPSA) is 46.9 Å². The van der Waals surface area contributed by atoms with Crippen molar-refractivity contribution in [3.63, 3.8) is 0 Å². The summed E-state index contributed by atoms with van der Waals surface area (Å²) >= 11 is 0. The Labute approximate surface area is 95.7 Å². The van der Waals surface area contributed by atoms with Crippen molar-refractivity contribution in [1.82, 2.24) is 15.1 Å². The van der Waals surface area contributed by atoms with E-state index >= 15 is 0 Å². The first kappa shape index (κ1) is 11.3. The summed E-state index contributed by atoms with van der Waals surface area (Å²) in [5.74, 6) is 0.698. The molecule has 1 saturated heterocycles. The van der Waals surface area contributed by atoms with Gasteiger partial charge in [0, 0.05) is 12.6 Å². The Hall–Kier alpha value is -1.16. The maximum atomic E-state index is 11.6. The zero-order chi connectivity index (χ0) is 11.4. The van der Waals surface area contributed by atoms with Crippen LogP contribution in [0.1, 0.15) is 24.8 Å². The van der Waals surface area contributed by atoms with Crippen LogP contribution < -0.4 is 10.9 Å². The standard InChI is InChI=1S/C12H19N3O/c1-10-7-12(16)15(14-8-10)6-4-11-3-2-5-13-9-11/h7-8,11,13H,2-6,9H2,1H3. The molecule has 1 aromatic heterocycles. The third kappa shape index (κ3) is 2.92. The average molecular weight is 221 g/mol. The Bertz CT molecular complexity index is 393. The molecule has 2 heterocycles. The highest BCUT2D eigenvalue weighted by Gasteiger charge is 2.12. The fourth-order valence-corrected chi connectivity index (χ4v) is 2.17. The largest absolute Gasteiger partial charge is 0.316 e. The SMILES string of the molecule is Cc1cnn(CCC2CCCNC2)c(=O)c1. The number of nitrogens with one attached hydrogen (secondary N) is 1. The van der Waals surface area contributed by atoms with Gasteiger partial charge in [0.15, 0.2) is 0 Å². The van der Waals surface area contributed by atoms with E-state index in [1.807, 2.05) is 6.92 Å². The third-order valence-electron chi connectivity index (χ3n) is 3.15. The van der Waals surface area contributed by atoms with Crippen molar-refractivity contribution in [3.8, 4) is 0 Å². The highest BCUT2D eigenvalue weighted by Crippen LogP contribution is 2.14. The Morgan fingerprint density at radius 3 is 3.19 bits per heavy atom. The van der Waals surface area contributed by atoms with Crippen LogP contribution in [0.25, 0.3) is 0 Å². The van der Waals surface area contributed by atoms with Crippen molar-refractivity contribution in [2.45, 2.75) is 32.7 Å². The quantitative estimate of drug-likeness (QED) is 0.826. The zero-order valence-corrected chi connectivity index (χ0v) is 9.78. The van der Waals surface area contributed by atoms with Crippen molar-refractivity contribution in [2.24, 2.45) is 5.92 Å². The molecular weight excluding hydrogens is 202 g/mol. The number of rotatable bonds is 3. The van der Waals surface area contributed by atoms with Crippen LogP contribution in [0, 0.1) is 12.8 Å². The van der Waals surface area contributed by atoms with Crippen LogP contribution in [0.5, 0.6) is 0 Å². The lowest BCUT2D eigenvalue weighted by molar-refractivity contribution is 0.332. The van der Waals surface area contributed by atoms with Gasteiger partial charge in [-0.25, -0.2) is 4.68 Å². The molecule has 0 aromatic carbocycles. The monoisotopic (exact) mass is 221 g/mol. The molecule has 4 nitrogen and oxygen atoms in total. The number of hydrogen-bond donors (Lipinski definition) is 1. The average Bonchev–Trinajstić information content (AvgIpc) is 2.29. The molecule has 1 aromatic rings. The van der Waals surface area contributed by atoms with E-state index in [-0.39, 0.29) is 5.56 Å². The van der Waals surface area contributed by atoms with Gasteiger partial charge in [-0.1, -0.05) is 0 Å². The third-order valence-corrected chi connectivity index (χ3v) is 3.15. The van der Waals surface area contributed by atoms with E-state index in [9.17, 15) is 4.79 Å². The second-order valence-corrected chi connectivity index (χ2v) is 4.60. The Morgan fingerprint density at radius 1 is 1.62 bits per heavy atom. The summed E-state index contributed by atoms with van der Waals surface area (Å²) in [4.78, 5) is 11.6. The summed E-state index contributed by atoms with van der Waals surface area (Å²) in [5, 5.41) is 7.53. The number of aromatic nitrogens is 2. The molecule has 0 aliphatic carbocycles. The normalized spacial score (nSPS) is 20.9. The van der Waals surface area contributed by atoms with Crippen LogP contribution in [-0.4, -0.2) is 22.9 Å². The lowest BCUT2D eigenvalue weighted by atomic mass is 9.96. The van der Waals surface area contributed by atoms with Crippen LogP contribution in [0.3, 0.4) is 0 Å². The van der Waals surface area contributed by atoms with E-state index in [4.69, 9.17) is 0 Å². The van der Waals surface area contributed by atoms with Crippen molar-refractivity contribution in [3.05, 3.63) is 28.2 Å². The molecule has 1 atom stereocenters. The first-order valence-electron chi connectivity index (χ1n) is 6.00.